The van der Waals surface area contributed by atoms with Gasteiger partial charge in [0, 0.05) is 12.8 Å². The molecule has 1 atom stereocenters. The van der Waals surface area contributed by atoms with Crippen LogP contribution < -0.4 is 5.32 Å². The molecule has 1 saturated heterocycles. The highest BCUT2D eigenvalue weighted by Gasteiger charge is 2.14. The van der Waals surface area contributed by atoms with Crippen molar-refractivity contribution in [1.29, 1.82) is 5.41 Å². The van der Waals surface area contributed by atoms with Gasteiger partial charge in [0.05, 0.1) is 19.3 Å². The molecule has 1 heterocycles. The molecule has 14 heavy (non-hydrogen) atoms. The molecular weight excluding hydrogens is 176 g/mol. The molecule has 1 fully saturated rings. The van der Waals surface area contributed by atoms with Crippen LogP contribution in [0.5, 0.6) is 0 Å². The van der Waals surface area contributed by atoms with Gasteiger partial charge in [-0.25, -0.2) is 0 Å². The molecule has 74 valence electrons. The summed E-state index contributed by atoms with van der Waals surface area (Å²) in [6.45, 7) is 2.45. The van der Waals surface area contributed by atoms with E-state index in [9.17, 15) is 0 Å². The van der Waals surface area contributed by atoms with Gasteiger partial charge >= 0.3 is 0 Å². The van der Waals surface area contributed by atoms with E-state index in [2.05, 4.69) is 5.32 Å². The molecule has 1 aromatic carbocycles. The van der Waals surface area contributed by atoms with Gasteiger partial charge in [0.15, 0.2) is 0 Å². The Morgan fingerprint density at radius 1 is 1.36 bits per heavy atom. The largest absolute Gasteiger partial charge is 0.378 e. The third-order valence-electron chi connectivity index (χ3n) is 2.43. The normalized spacial score (nSPS) is 21.9. The summed E-state index contributed by atoms with van der Waals surface area (Å²) in [4.78, 5) is 0. The minimum Gasteiger partial charge on any atom is -0.378 e. The first-order chi connectivity index (χ1) is 6.90. The van der Waals surface area contributed by atoms with E-state index in [0.717, 1.165) is 25.3 Å². The number of hydrogen-bond donors (Lipinski definition) is 2. The molecule has 0 amide bonds. The number of rotatable bonds is 2. The molecule has 0 aliphatic carbocycles. The summed E-state index contributed by atoms with van der Waals surface area (Å²) in [7, 11) is 0. The van der Waals surface area contributed by atoms with Crippen molar-refractivity contribution in [2.75, 3.05) is 19.8 Å². The fraction of sp³-hybridized carbons (Fsp3) is 0.364. The maximum atomic E-state index is 7.09. The van der Waals surface area contributed by atoms with Crippen molar-refractivity contribution in [2.24, 2.45) is 0 Å². The predicted octanol–water partition coefficient (Wildman–Crippen LogP) is 1.35. The zero-order chi connectivity index (χ0) is 9.80. The van der Waals surface area contributed by atoms with Gasteiger partial charge in [-0.2, -0.15) is 0 Å². The molecule has 1 aliphatic rings. The van der Waals surface area contributed by atoms with Crippen LogP contribution >= 0.6 is 0 Å². The van der Waals surface area contributed by atoms with Crippen molar-refractivity contribution in [1.82, 2.24) is 5.32 Å². The average molecular weight is 190 g/mol. The molecule has 0 radical (unpaired) electrons. The molecule has 2 N–H and O–H groups in total. The molecule has 0 saturated carbocycles. The van der Waals surface area contributed by atoms with Crippen LogP contribution in [0.1, 0.15) is 17.2 Å². The number of morpholine rings is 1. The smallest absolute Gasteiger partial charge is 0.0662 e. The van der Waals surface area contributed by atoms with E-state index in [0.29, 0.717) is 6.04 Å². The quantitative estimate of drug-likeness (QED) is 0.691. The summed E-state index contributed by atoms with van der Waals surface area (Å²) in [6.07, 6.45) is 1.36. The summed E-state index contributed by atoms with van der Waals surface area (Å²) < 4.78 is 5.39. The third kappa shape index (κ3) is 2.00. The summed E-state index contributed by atoms with van der Waals surface area (Å²) >= 11 is 0. The lowest BCUT2D eigenvalue weighted by atomic mass is 10.1. The van der Waals surface area contributed by atoms with E-state index in [1.807, 2.05) is 24.3 Å². The highest BCUT2D eigenvalue weighted by atomic mass is 16.5. The lowest BCUT2D eigenvalue weighted by Crippen LogP contribution is -2.34. The first kappa shape index (κ1) is 9.37. The minimum absolute atomic E-state index is 0.309. The van der Waals surface area contributed by atoms with Crippen LogP contribution in [0.3, 0.4) is 0 Å². The average Bonchev–Trinajstić information content (AvgIpc) is 2.30. The number of nitrogens with one attached hydrogen (secondary N) is 2. The second-order valence-electron chi connectivity index (χ2n) is 3.39. The number of benzene rings is 1. The first-order valence-electron chi connectivity index (χ1n) is 4.82. The Kier molecular flexibility index (Phi) is 2.91. The molecule has 0 spiro atoms. The monoisotopic (exact) mass is 190 g/mol. The second kappa shape index (κ2) is 4.35. The maximum Gasteiger partial charge on any atom is 0.0662 e. The molecule has 1 aromatic rings. The summed E-state index contributed by atoms with van der Waals surface area (Å²) in [5.74, 6) is 0. The molecule has 0 bridgehead atoms. The van der Waals surface area contributed by atoms with Gasteiger partial charge in [-0.1, -0.05) is 24.3 Å². The van der Waals surface area contributed by atoms with Crippen molar-refractivity contribution in [3.63, 3.8) is 0 Å². The van der Waals surface area contributed by atoms with E-state index < -0.39 is 0 Å². The SMILES string of the molecule is N=Cc1ccc(C2COCCN2)cc1. The Balaban J connectivity index is 2.11. The topological polar surface area (TPSA) is 45.1 Å². The Bertz CT molecular complexity index is 302. The Morgan fingerprint density at radius 3 is 2.71 bits per heavy atom. The number of hydrogen-bond acceptors (Lipinski definition) is 3. The molecule has 1 aliphatic heterocycles. The Morgan fingerprint density at radius 2 is 2.14 bits per heavy atom. The Labute approximate surface area is 83.6 Å². The lowest BCUT2D eigenvalue weighted by molar-refractivity contribution is 0.0769. The van der Waals surface area contributed by atoms with Gasteiger partial charge in [-0.3, -0.25) is 0 Å². The highest BCUT2D eigenvalue weighted by molar-refractivity contribution is 5.76. The van der Waals surface area contributed by atoms with Gasteiger partial charge in [-0.05, 0) is 11.1 Å². The van der Waals surface area contributed by atoms with Crippen molar-refractivity contribution in [2.45, 2.75) is 6.04 Å². The van der Waals surface area contributed by atoms with E-state index in [1.54, 1.807) is 0 Å². The van der Waals surface area contributed by atoms with Crippen LogP contribution in [0.25, 0.3) is 0 Å². The first-order valence-corrected chi connectivity index (χ1v) is 4.82. The zero-order valence-corrected chi connectivity index (χ0v) is 7.99. The summed E-state index contributed by atoms with van der Waals surface area (Å²) in [6, 6.07) is 8.32. The van der Waals surface area contributed by atoms with Crippen molar-refractivity contribution in [3.05, 3.63) is 35.4 Å². The third-order valence-corrected chi connectivity index (χ3v) is 2.43. The fourth-order valence-corrected chi connectivity index (χ4v) is 1.60. The van der Waals surface area contributed by atoms with Crippen molar-refractivity contribution < 1.29 is 4.74 Å². The molecule has 3 nitrogen and oxygen atoms in total. The van der Waals surface area contributed by atoms with Crippen LogP contribution in [-0.4, -0.2) is 26.0 Å². The van der Waals surface area contributed by atoms with Crippen LogP contribution in [0.15, 0.2) is 24.3 Å². The van der Waals surface area contributed by atoms with E-state index in [4.69, 9.17) is 10.1 Å². The summed E-state index contributed by atoms with van der Waals surface area (Å²) in [5, 5.41) is 10.5. The summed E-state index contributed by atoms with van der Waals surface area (Å²) in [5.41, 5.74) is 2.17. The molecular formula is C11H14N2O. The molecule has 3 heteroatoms. The molecule has 2 rings (SSSR count). The highest BCUT2D eigenvalue weighted by Crippen LogP contribution is 2.15. The van der Waals surface area contributed by atoms with E-state index in [1.165, 1.54) is 11.8 Å². The van der Waals surface area contributed by atoms with Gasteiger partial charge in [0.1, 0.15) is 0 Å². The second-order valence-corrected chi connectivity index (χ2v) is 3.39. The maximum absolute atomic E-state index is 7.09. The van der Waals surface area contributed by atoms with E-state index >= 15 is 0 Å². The van der Waals surface area contributed by atoms with Gasteiger partial charge < -0.3 is 15.5 Å². The van der Waals surface area contributed by atoms with Gasteiger partial charge in [-0.15, -0.1) is 0 Å². The van der Waals surface area contributed by atoms with Crippen molar-refractivity contribution in [3.8, 4) is 0 Å². The zero-order valence-electron chi connectivity index (χ0n) is 7.99. The van der Waals surface area contributed by atoms with E-state index in [-0.39, 0.29) is 0 Å². The van der Waals surface area contributed by atoms with Crippen molar-refractivity contribution >= 4 is 6.21 Å². The standard InChI is InChI=1S/C11H14N2O/c12-7-9-1-3-10(4-2-9)11-8-14-6-5-13-11/h1-4,7,11-13H,5-6,8H2. The predicted molar refractivity (Wildman–Crippen MR) is 55.9 cm³/mol. The van der Waals surface area contributed by atoms with Gasteiger partial charge in [0.2, 0.25) is 0 Å². The van der Waals surface area contributed by atoms with Crippen LogP contribution in [0.2, 0.25) is 0 Å². The molecule has 0 aromatic heterocycles. The fourth-order valence-electron chi connectivity index (χ4n) is 1.60. The van der Waals surface area contributed by atoms with Gasteiger partial charge in [0.25, 0.3) is 0 Å². The van der Waals surface area contributed by atoms with Crippen LogP contribution in [-0.2, 0) is 4.74 Å². The van der Waals surface area contributed by atoms with Crippen LogP contribution in [0, 0.1) is 5.41 Å². The number of ether oxygens (including phenoxy) is 1. The Hall–Kier alpha value is -1.19. The lowest BCUT2D eigenvalue weighted by Gasteiger charge is -2.24. The van der Waals surface area contributed by atoms with Crippen LogP contribution in [0.4, 0.5) is 0 Å². The molecule has 1 unspecified atom stereocenters. The minimum atomic E-state index is 0.309.